The van der Waals surface area contributed by atoms with Gasteiger partial charge in [0.2, 0.25) is 0 Å². The second-order valence-corrected chi connectivity index (χ2v) is 5.51. The number of hydrogen-bond donors (Lipinski definition) is 2. The van der Waals surface area contributed by atoms with E-state index in [1.54, 1.807) is 0 Å². The number of para-hydroxylation sites is 1. The lowest BCUT2D eigenvalue weighted by molar-refractivity contribution is -0.137. The molecular weight excluding hydrogens is 313 g/mol. The van der Waals surface area contributed by atoms with Gasteiger partial charge in [0.25, 0.3) is 0 Å². The summed E-state index contributed by atoms with van der Waals surface area (Å²) in [4.78, 5) is 3.22. The van der Waals surface area contributed by atoms with Crippen molar-refractivity contribution in [3.8, 4) is 0 Å². The highest BCUT2D eigenvalue weighted by atomic mass is 19.4. The number of rotatable bonds is 5. The summed E-state index contributed by atoms with van der Waals surface area (Å²) in [6.07, 6.45) is 1.33. The molecule has 5 heteroatoms. The summed E-state index contributed by atoms with van der Waals surface area (Å²) >= 11 is 0. The lowest BCUT2D eigenvalue weighted by Crippen LogP contribution is -2.13. The number of halogens is 3. The van der Waals surface area contributed by atoms with Gasteiger partial charge in [-0.05, 0) is 34.7 Å². The molecule has 2 aromatic carbocycles. The van der Waals surface area contributed by atoms with Crippen molar-refractivity contribution in [1.29, 1.82) is 0 Å². The van der Waals surface area contributed by atoms with Crippen molar-refractivity contribution in [1.82, 2.24) is 10.3 Å². The lowest BCUT2D eigenvalue weighted by atomic mass is 10.1. The van der Waals surface area contributed by atoms with Gasteiger partial charge < -0.3 is 10.3 Å². The summed E-state index contributed by atoms with van der Waals surface area (Å²) in [5.74, 6) is 0. The fraction of sp³-hybridized carbons (Fsp3) is 0.158. The molecule has 2 nitrogen and oxygen atoms in total. The molecule has 0 aliphatic rings. The Morgan fingerprint density at radius 2 is 1.79 bits per heavy atom. The number of alkyl halides is 3. The highest BCUT2D eigenvalue weighted by Gasteiger charge is 2.29. The minimum atomic E-state index is -4.29. The fourth-order valence-electron chi connectivity index (χ4n) is 2.57. The summed E-state index contributed by atoms with van der Waals surface area (Å²) in [5.41, 5.74) is 2.42. The third-order valence-corrected chi connectivity index (χ3v) is 3.80. The van der Waals surface area contributed by atoms with E-state index in [0.29, 0.717) is 6.54 Å². The molecule has 3 rings (SSSR count). The average molecular weight is 330 g/mol. The quantitative estimate of drug-likeness (QED) is 0.634. The summed E-state index contributed by atoms with van der Waals surface area (Å²) < 4.78 is 37.5. The Hall–Kier alpha value is -2.53. The Morgan fingerprint density at radius 3 is 2.54 bits per heavy atom. The van der Waals surface area contributed by atoms with Crippen LogP contribution in [0.25, 0.3) is 17.0 Å². The molecule has 0 aliphatic carbocycles. The molecule has 0 spiro atoms. The topological polar surface area (TPSA) is 27.8 Å². The van der Waals surface area contributed by atoms with Gasteiger partial charge in [0.1, 0.15) is 0 Å². The van der Waals surface area contributed by atoms with E-state index >= 15 is 0 Å². The highest BCUT2D eigenvalue weighted by Crippen LogP contribution is 2.29. The number of aromatic nitrogens is 1. The van der Waals surface area contributed by atoms with Crippen LogP contribution in [-0.2, 0) is 12.7 Å². The maximum Gasteiger partial charge on any atom is 0.416 e. The molecule has 0 unspecified atom stereocenters. The number of aromatic amines is 1. The first-order valence-corrected chi connectivity index (χ1v) is 7.63. The van der Waals surface area contributed by atoms with E-state index in [1.165, 1.54) is 23.1 Å². The predicted molar refractivity (Wildman–Crippen MR) is 90.5 cm³/mol. The smallest absolute Gasteiger partial charge is 0.361 e. The van der Waals surface area contributed by atoms with E-state index < -0.39 is 11.7 Å². The number of fused-ring (bicyclic) bond motifs is 1. The number of benzene rings is 2. The van der Waals surface area contributed by atoms with E-state index in [2.05, 4.69) is 22.4 Å². The monoisotopic (exact) mass is 330 g/mol. The van der Waals surface area contributed by atoms with Gasteiger partial charge in [-0.25, -0.2) is 0 Å². The first-order valence-electron chi connectivity index (χ1n) is 7.63. The van der Waals surface area contributed by atoms with Gasteiger partial charge in [-0.1, -0.05) is 42.5 Å². The van der Waals surface area contributed by atoms with E-state index in [9.17, 15) is 13.2 Å². The van der Waals surface area contributed by atoms with Crippen LogP contribution in [0.4, 0.5) is 13.2 Å². The highest BCUT2D eigenvalue weighted by molar-refractivity contribution is 5.82. The zero-order valence-electron chi connectivity index (χ0n) is 12.9. The minimum absolute atomic E-state index is 0.628. The van der Waals surface area contributed by atoms with E-state index in [1.807, 2.05) is 30.5 Å². The van der Waals surface area contributed by atoms with Crippen LogP contribution in [0.5, 0.6) is 0 Å². The second kappa shape index (κ2) is 6.93. The van der Waals surface area contributed by atoms with Crippen LogP contribution >= 0.6 is 0 Å². The van der Waals surface area contributed by atoms with Crippen molar-refractivity contribution in [3.05, 3.63) is 77.5 Å². The van der Waals surface area contributed by atoms with Crippen LogP contribution in [0, 0.1) is 0 Å². The fourth-order valence-corrected chi connectivity index (χ4v) is 2.57. The Kier molecular flexibility index (Phi) is 4.71. The SMILES string of the molecule is FC(F)(F)c1ccc(C=CCNCc2cccc3cc[nH]c23)cc1. The predicted octanol–water partition coefficient (Wildman–Crippen LogP) is 4.99. The van der Waals surface area contributed by atoms with Gasteiger partial charge in [-0.15, -0.1) is 0 Å². The largest absolute Gasteiger partial charge is 0.416 e. The molecule has 0 saturated carbocycles. The molecule has 1 heterocycles. The van der Waals surface area contributed by atoms with Crippen LogP contribution in [0.3, 0.4) is 0 Å². The van der Waals surface area contributed by atoms with Crippen molar-refractivity contribution in [3.63, 3.8) is 0 Å². The summed E-state index contributed by atoms with van der Waals surface area (Å²) in [6, 6.07) is 13.3. The Morgan fingerprint density at radius 1 is 1.00 bits per heavy atom. The number of hydrogen-bond acceptors (Lipinski definition) is 1. The molecular formula is C19H17F3N2. The summed E-state index contributed by atoms with van der Waals surface area (Å²) in [5, 5.41) is 4.48. The zero-order chi connectivity index (χ0) is 17.0. The van der Waals surface area contributed by atoms with Crippen LogP contribution in [0.2, 0.25) is 0 Å². The molecule has 2 N–H and O–H groups in total. The normalized spacial score (nSPS) is 12.3. The van der Waals surface area contributed by atoms with Crippen molar-refractivity contribution >= 4 is 17.0 Å². The molecule has 1 aromatic heterocycles. The van der Waals surface area contributed by atoms with E-state index in [-0.39, 0.29) is 0 Å². The third kappa shape index (κ3) is 3.86. The molecule has 0 amide bonds. The Balaban J connectivity index is 1.53. The van der Waals surface area contributed by atoms with Crippen LogP contribution < -0.4 is 5.32 Å². The van der Waals surface area contributed by atoms with Gasteiger partial charge in [0.05, 0.1) is 5.56 Å². The first kappa shape index (κ1) is 16.3. The Bertz CT molecular complexity index is 830. The summed E-state index contributed by atoms with van der Waals surface area (Å²) in [7, 11) is 0. The van der Waals surface area contributed by atoms with Gasteiger partial charge in [-0.2, -0.15) is 13.2 Å². The molecule has 0 atom stereocenters. The molecule has 0 radical (unpaired) electrons. The van der Waals surface area contributed by atoms with Crippen molar-refractivity contribution in [2.45, 2.75) is 12.7 Å². The Labute approximate surface area is 138 Å². The third-order valence-electron chi connectivity index (χ3n) is 3.80. The van der Waals surface area contributed by atoms with Crippen LogP contribution in [-0.4, -0.2) is 11.5 Å². The average Bonchev–Trinajstić information content (AvgIpc) is 3.03. The van der Waals surface area contributed by atoms with Gasteiger partial charge >= 0.3 is 6.18 Å². The van der Waals surface area contributed by atoms with Gasteiger partial charge in [0, 0.05) is 24.8 Å². The van der Waals surface area contributed by atoms with Crippen molar-refractivity contribution in [2.75, 3.05) is 6.54 Å². The molecule has 0 saturated heterocycles. The first-order chi connectivity index (χ1) is 11.5. The maximum absolute atomic E-state index is 12.5. The zero-order valence-corrected chi connectivity index (χ0v) is 12.9. The number of nitrogens with one attached hydrogen (secondary N) is 2. The summed E-state index contributed by atoms with van der Waals surface area (Å²) in [6.45, 7) is 1.35. The molecule has 124 valence electrons. The van der Waals surface area contributed by atoms with E-state index in [4.69, 9.17) is 0 Å². The lowest BCUT2D eigenvalue weighted by Gasteiger charge is -2.06. The van der Waals surface area contributed by atoms with Crippen LogP contribution in [0.1, 0.15) is 16.7 Å². The van der Waals surface area contributed by atoms with Crippen LogP contribution in [0.15, 0.2) is 60.8 Å². The van der Waals surface area contributed by atoms with Crippen molar-refractivity contribution < 1.29 is 13.2 Å². The second-order valence-electron chi connectivity index (χ2n) is 5.51. The van der Waals surface area contributed by atoms with Gasteiger partial charge in [0.15, 0.2) is 0 Å². The minimum Gasteiger partial charge on any atom is -0.361 e. The maximum atomic E-state index is 12.5. The van der Waals surface area contributed by atoms with E-state index in [0.717, 1.165) is 29.8 Å². The standard InChI is InChI=1S/C19H17F3N2/c20-19(21,22)17-8-6-14(7-9-17)3-2-11-23-13-16-5-1-4-15-10-12-24-18(15)16/h1-10,12,23-24H,11,13H2. The van der Waals surface area contributed by atoms with Crippen molar-refractivity contribution in [2.24, 2.45) is 0 Å². The molecule has 0 fully saturated rings. The molecule has 0 aliphatic heterocycles. The van der Waals surface area contributed by atoms with Gasteiger partial charge in [-0.3, -0.25) is 0 Å². The molecule has 3 aromatic rings. The number of H-pyrrole nitrogens is 1. The molecule has 24 heavy (non-hydrogen) atoms. The molecule has 0 bridgehead atoms.